The highest BCUT2D eigenvalue weighted by atomic mass is 16.7. The van der Waals surface area contributed by atoms with Crippen molar-refractivity contribution in [1.82, 2.24) is 29.7 Å². The molecular weight excluding hydrogens is 1000 g/mol. The molecule has 0 unspecified atom stereocenters. The van der Waals surface area contributed by atoms with Crippen molar-refractivity contribution in [1.29, 1.82) is 0 Å². The number of aromatic amines is 2. The van der Waals surface area contributed by atoms with Gasteiger partial charge in [-0.05, 0) is 86.9 Å². The van der Waals surface area contributed by atoms with E-state index in [1.165, 1.54) is 12.0 Å². The van der Waals surface area contributed by atoms with Crippen LogP contribution in [0, 0.1) is 13.8 Å². The number of rotatable bonds is 20. The first kappa shape index (κ1) is 59.2. The number of likely N-dealkylation sites (N-methyl/N-ethyl adjacent to an activating group) is 1. The third kappa shape index (κ3) is 12.4. The van der Waals surface area contributed by atoms with Gasteiger partial charge < -0.3 is 84.3 Å². The van der Waals surface area contributed by atoms with Gasteiger partial charge >= 0.3 is 5.97 Å². The standard InChI is InChI=1S/C55H76N6O16/c1-10-30-26(3)34-21-36-28(5)32(14-15-42(64)60(7)16-12-18-74-54-51(70)49(68)47(66)40(24-62)76-54)45(58-36)33(20-43(65)73-9)46-44(29(6)37(59-46)23-39-31(11-2)27(4)35(57-39)22-38(30)56-34)53(72)61(8)17-13-19-75-55-52(71)50(69)48(67)41(25-63)77-55/h10,21-23,28,32,40-41,47-52,54-57,62-63,66-71H,1,11-20,24-25H2,2-9H3/t28-,32-,40+,41+,47+,48+,49-,50-,51+,52+,54+,55+/m0/s1. The topological polar surface area (TPSA) is 323 Å². The lowest BCUT2D eigenvalue weighted by Crippen LogP contribution is -2.59. The Morgan fingerprint density at radius 2 is 1.32 bits per heavy atom. The number of H-pyrrole nitrogens is 2. The van der Waals surface area contributed by atoms with Crippen LogP contribution in [0.2, 0.25) is 0 Å². The number of hydrogen-bond donors (Lipinski definition) is 10. The number of fused-ring (bicyclic) bond motifs is 8. The average molecular weight is 1080 g/mol. The molecule has 422 valence electrons. The van der Waals surface area contributed by atoms with Crippen LogP contribution in [0.4, 0.5) is 0 Å². The second kappa shape index (κ2) is 25.5. The predicted molar refractivity (Wildman–Crippen MR) is 282 cm³/mol. The highest BCUT2D eigenvalue weighted by molar-refractivity contribution is 6.27. The summed E-state index contributed by atoms with van der Waals surface area (Å²) in [7, 11) is 4.54. The Morgan fingerprint density at radius 3 is 1.88 bits per heavy atom. The average Bonchev–Trinajstić information content (AvgIpc) is 4.15. The number of aliphatic hydroxyl groups is 8. The Hall–Kier alpha value is -5.47. The summed E-state index contributed by atoms with van der Waals surface area (Å²) in [6, 6.07) is 5.92. The third-order valence-electron chi connectivity index (χ3n) is 15.5. The lowest BCUT2D eigenvalue weighted by Gasteiger charge is -2.39. The van der Waals surface area contributed by atoms with E-state index in [2.05, 4.69) is 23.5 Å². The van der Waals surface area contributed by atoms with E-state index < -0.39 is 92.4 Å². The highest BCUT2D eigenvalue weighted by Crippen LogP contribution is 2.44. The molecule has 7 heterocycles. The normalized spacial score (nSPS) is 26.4. The summed E-state index contributed by atoms with van der Waals surface area (Å²) in [4.78, 5) is 63.5. The lowest BCUT2D eigenvalue weighted by atomic mass is 9.84. The Kier molecular flexibility index (Phi) is 19.6. The molecule has 0 radical (unpaired) electrons. The molecular formula is C55H76N6O16. The van der Waals surface area contributed by atoms with Crippen molar-refractivity contribution in [2.24, 2.45) is 0 Å². The maximum absolute atomic E-state index is 15.1. The summed E-state index contributed by atoms with van der Waals surface area (Å²) in [5, 5.41) is 81.0. The Morgan fingerprint density at radius 1 is 0.753 bits per heavy atom. The van der Waals surface area contributed by atoms with Crippen molar-refractivity contribution in [2.75, 3.05) is 60.7 Å². The number of nitrogens with zero attached hydrogens (tertiary/aromatic N) is 4. The lowest BCUT2D eigenvalue weighted by molar-refractivity contribution is -0.301. The van der Waals surface area contributed by atoms with Gasteiger partial charge in [0, 0.05) is 84.3 Å². The van der Waals surface area contributed by atoms with Crippen LogP contribution in [0.3, 0.4) is 0 Å². The molecule has 3 aromatic heterocycles. The molecule has 0 saturated carbocycles. The summed E-state index contributed by atoms with van der Waals surface area (Å²) in [6.45, 7) is 13.2. The summed E-state index contributed by atoms with van der Waals surface area (Å²) in [5.74, 6) is -2.05. The number of amides is 2. The monoisotopic (exact) mass is 1080 g/mol. The van der Waals surface area contributed by atoms with Gasteiger partial charge in [-0.3, -0.25) is 19.4 Å². The Labute approximate surface area is 446 Å². The Bertz CT molecular complexity index is 2840. The van der Waals surface area contributed by atoms with E-state index in [-0.39, 0.29) is 75.1 Å². The fourth-order valence-corrected chi connectivity index (χ4v) is 10.6. The highest BCUT2D eigenvalue weighted by Gasteiger charge is 2.45. The van der Waals surface area contributed by atoms with Gasteiger partial charge in [-0.1, -0.05) is 26.5 Å². The van der Waals surface area contributed by atoms with Gasteiger partial charge in [0.1, 0.15) is 48.8 Å². The van der Waals surface area contributed by atoms with Gasteiger partial charge in [-0.25, -0.2) is 4.98 Å². The molecule has 2 amide bonds. The van der Waals surface area contributed by atoms with E-state index in [0.717, 1.165) is 44.3 Å². The number of aromatic nitrogens is 4. The largest absolute Gasteiger partial charge is 0.469 e. The maximum Gasteiger partial charge on any atom is 0.310 e. The van der Waals surface area contributed by atoms with Crippen molar-refractivity contribution in [3.63, 3.8) is 0 Å². The van der Waals surface area contributed by atoms with Crippen molar-refractivity contribution < 1.29 is 78.9 Å². The quantitative estimate of drug-likeness (QED) is 0.0570. The maximum atomic E-state index is 15.1. The van der Waals surface area contributed by atoms with Gasteiger partial charge in [0.15, 0.2) is 12.6 Å². The molecule has 10 N–H and O–H groups in total. The van der Waals surface area contributed by atoms with Crippen LogP contribution in [0.1, 0.15) is 109 Å². The minimum absolute atomic E-state index is 0.0178. The van der Waals surface area contributed by atoms with E-state index in [0.29, 0.717) is 41.1 Å². The molecule has 0 aromatic carbocycles. The first-order chi connectivity index (χ1) is 36.7. The molecule has 4 aliphatic heterocycles. The summed E-state index contributed by atoms with van der Waals surface area (Å²) < 4.78 is 27.7. The van der Waals surface area contributed by atoms with Gasteiger partial charge in [0.2, 0.25) is 5.91 Å². The van der Waals surface area contributed by atoms with E-state index in [1.54, 1.807) is 25.9 Å². The molecule has 8 bridgehead atoms. The van der Waals surface area contributed by atoms with Crippen LogP contribution in [-0.4, -0.2) is 211 Å². The number of esters is 1. The zero-order valence-corrected chi connectivity index (χ0v) is 45.1. The molecule has 7 rings (SSSR count). The van der Waals surface area contributed by atoms with Gasteiger partial charge in [-0.2, -0.15) is 0 Å². The molecule has 0 spiro atoms. The van der Waals surface area contributed by atoms with Gasteiger partial charge in [0.05, 0.1) is 62.6 Å². The molecule has 77 heavy (non-hydrogen) atoms. The minimum Gasteiger partial charge on any atom is -0.469 e. The van der Waals surface area contributed by atoms with E-state index in [9.17, 15) is 50.4 Å². The second-order valence-electron chi connectivity index (χ2n) is 20.4. The number of nitrogens with one attached hydrogen (secondary N) is 2. The first-order valence-electron chi connectivity index (χ1n) is 26.2. The molecule has 2 fully saturated rings. The molecule has 3 aromatic rings. The molecule has 12 atom stereocenters. The van der Waals surface area contributed by atoms with Gasteiger partial charge in [-0.15, -0.1) is 0 Å². The van der Waals surface area contributed by atoms with Crippen molar-refractivity contribution in [3.05, 3.63) is 75.4 Å². The number of carbonyl (C=O) groups is 3. The molecule has 2 saturated heterocycles. The van der Waals surface area contributed by atoms with Crippen molar-refractivity contribution in [3.8, 4) is 0 Å². The van der Waals surface area contributed by atoms with Crippen LogP contribution in [0.5, 0.6) is 0 Å². The number of allylic oxidation sites excluding steroid dienone is 1. The number of hydrogen-bond acceptors (Lipinski definition) is 18. The summed E-state index contributed by atoms with van der Waals surface area (Å²) >= 11 is 0. The molecule has 4 aliphatic rings. The van der Waals surface area contributed by atoms with Crippen LogP contribution in [0.15, 0.2) is 24.8 Å². The zero-order valence-electron chi connectivity index (χ0n) is 45.1. The predicted octanol–water partition coefficient (Wildman–Crippen LogP) is 1.78. The number of methoxy groups -OCH3 is 1. The van der Waals surface area contributed by atoms with Crippen LogP contribution in [0.25, 0.3) is 39.3 Å². The molecule has 22 nitrogen and oxygen atoms in total. The number of aliphatic hydroxyl groups excluding tert-OH is 8. The van der Waals surface area contributed by atoms with Crippen molar-refractivity contribution in [2.45, 2.75) is 146 Å². The van der Waals surface area contributed by atoms with E-state index >= 15 is 4.79 Å². The fourth-order valence-electron chi connectivity index (χ4n) is 10.6. The number of ether oxygens (including phenoxy) is 5. The van der Waals surface area contributed by atoms with Crippen LogP contribution >= 0.6 is 0 Å². The first-order valence-corrected chi connectivity index (χ1v) is 26.2. The SMILES string of the molecule is C=Cc1c(C)c2cc3nc(c(CC(=O)OC)c4nc(cc5[nH]c(cc1[nH]2)c(C)c5CC)C(C)=C4C(=O)N(C)CCCO[C@@H]1O[C@H](CO)[C@@H](O)[C@H](O)[C@H]1O)[C@@H](CCC(=O)N(C)CCCO[C@@H]1O[C@H](CO)[C@@H](O)[C@H](O)[C@H]1O)[C@@H]3C. The van der Waals surface area contributed by atoms with Crippen LogP contribution < -0.4 is 0 Å². The second-order valence-corrected chi connectivity index (χ2v) is 20.4. The van der Waals surface area contributed by atoms with E-state index in [4.69, 9.17) is 33.7 Å². The fraction of sp³-hybridized carbons (Fsp3) is 0.582. The summed E-state index contributed by atoms with van der Waals surface area (Å²) in [6.07, 6.45) is -11.3. The Balaban J connectivity index is 1.27. The number of aryl methyl sites for hydroxylation is 3. The number of carbonyl (C=O) groups excluding carboxylic acids is 3. The smallest absolute Gasteiger partial charge is 0.310 e. The van der Waals surface area contributed by atoms with E-state index in [1.807, 2.05) is 45.0 Å². The molecule has 22 heteroatoms. The van der Waals surface area contributed by atoms with Gasteiger partial charge in [0.25, 0.3) is 5.91 Å². The summed E-state index contributed by atoms with van der Waals surface area (Å²) in [5.41, 5.74) is 10.1. The molecule has 0 aliphatic carbocycles. The minimum atomic E-state index is -1.62. The van der Waals surface area contributed by atoms with Crippen molar-refractivity contribution >= 4 is 57.1 Å². The van der Waals surface area contributed by atoms with Crippen LogP contribution in [-0.2, 0) is 50.9 Å². The third-order valence-corrected chi connectivity index (χ3v) is 15.5. The zero-order chi connectivity index (χ0) is 56.2.